The van der Waals surface area contributed by atoms with E-state index < -0.39 is 5.97 Å². The zero-order valence-corrected chi connectivity index (χ0v) is 6.23. The fraction of sp³-hybridized carbons (Fsp3) is 0.875. The van der Waals surface area contributed by atoms with Gasteiger partial charge < -0.3 is 10.2 Å². The van der Waals surface area contributed by atoms with Gasteiger partial charge in [-0.2, -0.15) is 0 Å². The van der Waals surface area contributed by atoms with E-state index in [1.54, 1.807) is 0 Å². The van der Waals surface area contributed by atoms with Gasteiger partial charge in [0.25, 0.3) is 0 Å². The summed E-state index contributed by atoms with van der Waals surface area (Å²) >= 11 is 0. The van der Waals surface area contributed by atoms with Crippen molar-refractivity contribution >= 4 is 5.97 Å². The van der Waals surface area contributed by atoms with Crippen LogP contribution >= 0.6 is 0 Å². The molecule has 0 aliphatic heterocycles. The number of aliphatic hydroxyl groups is 1. The highest BCUT2D eigenvalue weighted by atomic mass is 16.4. The summed E-state index contributed by atoms with van der Waals surface area (Å²) in [7, 11) is 0. The summed E-state index contributed by atoms with van der Waals surface area (Å²) in [4.78, 5) is 10.6. The van der Waals surface area contributed by atoms with E-state index in [-0.39, 0.29) is 17.9 Å². The largest absolute Gasteiger partial charge is 0.481 e. The van der Waals surface area contributed by atoms with Crippen LogP contribution in [0.5, 0.6) is 0 Å². The predicted molar refractivity (Wildman–Crippen MR) is 38.0 cm³/mol. The minimum Gasteiger partial charge on any atom is -0.481 e. The van der Waals surface area contributed by atoms with Crippen molar-refractivity contribution in [2.24, 2.45) is 17.8 Å². The molecule has 0 radical (unpaired) electrons. The number of rotatable bonds is 1. The van der Waals surface area contributed by atoms with Crippen LogP contribution in [-0.2, 0) is 4.79 Å². The third-order valence-electron chi connectivity index (χ3n) is 3.10. The van der Waals surface area contributed by atoms with Crippen LogP contribution in [0, 0.1) is 17.8 Å². The van der Waals surface area contributed by atoms with Crippen LogP contribution in [0.15, 0.2) is 0 Å². The monoisotopic (exact) mass is 156 g/mol. The molecule has 0 aromatic carbocycles. The average Bonchev–Trinajstić information content (AvgIpc) is 2.43. The second-order valence-corrected chi connectivity index (χ2v) is 3.75. The quantitative estimate of drug-likeness (QED) is 0.580. The highest BCUT2D eigenvalue weighted by Crippen LogP contribution is 2.48. The minimum atomic E-state index is -0.726. The normalized spacial score (nSPS) is 48.1. The molecule has 2 aliphatic carbocycles. The highest BCUT2D eigenvalue weighted by Gasteiger charge is 2.48. The van der Waals surface area contributed by atoms with Crippen LogP contribution in [0.2, 0.25) is 0 Å². The molecule has 2 fully saturated rings. The van der Waals surface area contributed by atoms with Gasteiger partial charge in [0.1, 0.15) is 0 Å². The number of carboxylic acids is 1. The van der Waals surface area contributed by atoms with Crippen LogP contribution < -0.4 is 0 Å². The molecule has 0 saturated heterocycles. The molecule has 11 heavy (non-hydrogen) atoms. The number of fused-ring (bicyclic) bond motifs is 2. The highest BCUT2D eigenvalue weighted by molar-refractivity contribution is 5.71. The number of carbonyl (C=O) groups is 1. The van der Waals surface area contributed by atoms with E-state index in [0.717, 1.165) is 19.3 Å². The lowest BCUT2D eigenvalue weighted by molar-refractivity contribution is -0.145. The van der Waals surface area contributed by atoms with E-state index in [1.165, 1.54) is 0 Å². The Balaban J connectivity index is 2.12. The van der Waals surface area contributed by atoms with Gasteiger partial charge in [-0.1, -0.05) is 0 Å². The molecular weight excluding hydrogens is 144 g/mol. The Bertz CT molecular complexity index is 190. The van der Waals surface area contributed by atoms with Crippen molar-refractivity contribution in [1.29, 1.82) is 0 Å². The molecule has 62 valence electrons. The molecule has 0 aromatic rings. The molecule has 4 unspecified atom stereocenters. The number of carboxylic acid groups (broad SMARTS) is 1. The van der Waals surface area contributed by atoms with Crippen molar-refractivity contribution in [3.05, 3.63) is 0 Å². The average molecular weight is 156 g/mol. The first-order valence-corrected chi connectivity index (χ1v) is 4.09. The van der Waals surface area contributed by atoms with Crippen molar-refractivity contribution in [1.82, 2.24) is 0 Å². The lowest BCUT2D eigenvalue weighted by Gasteiger charge is -2.22. The third-order valence-corrected chi connectivity index (χ3v) is 3.10. The van der Waals surface area contributed by atoms with Gasteiger partial charge in [-0.3, -0.25) is 4.79 Å². The van der Waals surface area contributed by atoms with Crippen molar-refractivity contribution in [2.45, 2.75) is 25.4 Å². The lowest BCUT2D eigenvalue weighted by atomic mass is 9.87. The lowest BCUT2D eigenvalue weighted by Crippen LogP contribution is -2.29. The van der Waals surface area contributed by atoms with Gasteiger partial charge in [0.2, 0.25) is 0 Å². The van der Waals surface area contributed by atoms with Crippen molar-refractivity contribution in [3.8, 4) is 0 Å². The molecule has 0 heterocycles. The molecular formula is C8H12O3. The summed E-state index contributed by atoms with van der Waals surface area (Å²) < 4.78 is 0. The summed E-state index contributed by atoms with van der Waals surface area (Å²) in [5.74, 6) is -0.450. The molecule has 0 amide bonds. The summed E-state index contributed by atoms with van der Waals surface area (Å²) in [6.07, 6.45) is 2.21. The van der Waals surface area contributed by atoms with E-state index in [0.29, 0.717) is 5.92 Å². The maximum absolute atomic E-state index is 10.6. The smallest absolute Gasteiger partial charge is 0.306 e. The van der Waals surface area contributed by atoms with Gasteiger partial charge in [0.15, 0.2) is 0 Å². The molecule has 4 atom stereocenters. The first kappa shape index (κ1) is 7.10. The number of hydrogen-bond donors (Lipinski definition) is 2. The Hall–Kier alpha value is -0.570. The third kappa shape index (κ3) is 0.948. The second-order valence-electron chi connectivity index (χ2n) is 3.75. The maximum atomic E-state index is 10.6. The van der Waals surface area contributed by atoms with Crippen LogP contribution in [0.3, 0.4) is 0 Å². The van der Waals surface area contributed by atoms with E-state index in [9.17, 15) is 9.90 Å². The van der Waals surface area contributed by atoms with E-state index in [4.69, 9.17) is 5.11 Å². The van der Waals surface area contributed by atoms with Gasteiger partial charge in [-0.05, 0) is 31.1 Å². The van der Waals surface area contributed by atoms with E-state index in [1.807, 2.05) is 0 Å². The Morgan fingerprint density at radius 2 is 2.00 bits per heavy atom. The number of hydrogen-bond acceptors (Lipinski definition) is 2. The predicted octanol–water partition coefficient (Wildman–Crippen LogP) is 0.478. The molecule has 3 heteroatoms. The Morgan fingerprint density at radius 3 is 2.36 bits per heavy atom. The number of aliphatic hydroxyl groups excluding tert-OH is 1. The zero-order valence-electron chi connectivity index (χ0n) is 6.23. The van der Waals surface area contributed by atoms with Crippen molar-refractivity contribution in [2.75, 3.05) is 0 Å². The Kier molecular flexibility index (Phi) is 1.42. The second kappa shape index (κ2) is 2.21. The fourth-order valence-corrected chi connectivity index (χ4v) is 2.60. The molecule has 2 saturated carbocycles. The standard InChI is InChI=1S/C8H12O3/c9-7-3-4-1-5(7)6(2-4)8(10)11/h4-7,9H,1-3H2,(H,10,11). The Labute approximate surface area is 65.0 Å². The van der Waals surface area contributed by atoms with Crippen molar-refractivity contribution < 1.29 is 15.0 Å². The molecule has 2 rings (SSSR count). The molecule has 2 N–H and O–H groups in total. The van der Waals surface area contributed by atoms with Gasteiger partial charge in [0.05, 0.1) is 12.0 Å². The van der Waals surface area contributed by atoms with E-state index >= 15 is 0 Å². The molecule has 0 spiro atoms. The summed E-state index contributed by atoms with van der Waals surface area (Å²) in [6.45, 7) is 0. The van der Waals surface area contributed by atoms with Gasteiger partial charge in [-0.15, -0.1) is 0 Å². The summed E-state index contributed by atoms with van der Waals surface area (Å²) in [6, 6.07) is 0. The molecule has 2 aliphatic rings. The van der Waals surface area contributed by atoms with Crippen LogP contribution in [-0.4, -0.2) is 22.3 Å². The zero-order chi connectivity index (χ0) is 8.01. The van der Waals surface area contributed by atoms with Crippen LogP contribution in [0.4, 0.5) is 0 Å². The fourth-order valence-electron chi connectivity index (χ4n) is 2.60. The van der Waals surface area contributed by atoms with Crippen LogP contribution in [0.25, 0.3) is 0 Å². The number of aliphatic carboxylic acids is 1. The van der Waals surface area contributed by atoms with E-state index in [2.05, 4.69) is 0 Å². The maximum Gasteiger partial charge on any atom is 0.306 e. The van der Waals surface area contributed by atoms with Gasteiger partial charge in [-0.25, -0.2) is 0 Å². The SMILES string of the molecule is O=C(O)C1CC2CC(O)C1C2. The molecule has 3 nitrogen and oxygen atoms in total. The Morgan fingerprint density at radius 1 is 1.27 bits per heavy atom. The molecule has 2 bridgehead atoms. The first-order chi connectivity index (χ1) is 5.18. The summed E-state index contributed by atoms with van der Waals surface area (Å²) in [5, 5.41) is 18.1. The topological polar surface area (TPSA) is 57.5 Å². The first-order valence-electron chi connectivity index (χ1n) is 4.09. The summed E-state index contributed by atoms with van der Waals surface area (Å²) in [5.41, 5.74) is 0. The van der Waals surface area contributed by atoms with Crippen LogP contribution in [0.1, 0.15) is 19.3 Å². The minimum absolute atomic E-state index is 0.0532. The van der Waals surface area contributed by atoms with Gasteiger partial charge >= 0.3 is 5.97 Å². The van der Waals surface area contributed by atoms with Gasteiger partial charge in [0, 0.05) is 0 Å². The molecule has 0 aromatic heterocycles. The van der Waals surface area contributed by atoms with Crippen molar-refractivity contribution in [3.63, 3.8) is 0 Å².